The van der Waals surface area contributed by atoms with Gasteiger partial charge in [0.15, 0.2) is 0 Å². The first kappa shape index (κ1) is 17.1. The Morgan fingerprint density at radius 3 is 2.38 bits per heavy atom. The van der Waals surface area contributed by atoms with Crippen LogP contribution in [0.1, 0.15) is 26.2 Å². The molecule has 0 amide bonds. The molecule has 0 aliphatic rings. The summed E-state index contributed by atoms with van der Waals surface area (Å²) in [6.45, 7) is 1.92. The van der Waals surface area contributed by atoms with Crippen LogP contribution in [0.5, 0.6) is 0 Å². The first-order valence-electron chi connectivity index (χ1n) is 6.55. The van der Waals surface area contributed by atoms with E-state index >= 15 is 0 Å². The third-order valence-electron chi connectivity index (χ3n) is 2.44. The van der Waals surface area contributed by atoms with Gasteiger partial charge in [0.25, 0.3) is 10.0 Å². The maximum Gasteiger partial charge on any atom is 0.281 e. The smallest absolute Gasteiger partial charge is 0.281 e. The van der Waals surface area contributed by atoms with Gasteiger partial charge < -0.3 is 5.11 Å². The predicted molar refractivity (Wildman–Crippen MR) is 78.8 cm³/mol. The quantitative estimate of drug-likeness (QED) is 0.332. The van der Waals surface area contributed by atoms with Crippen LogP contribution in [0.15, 0.2) is 43.9 Å². The van der Waals surface area contributed by atoms with E-state index in [4.69, 9.17) is 0 Å². The number of nitrogens with zero attached hydrogens (tertiary/aromatic N) is 4. The zero-order chi connectivity index (χ0) is 15.9. The molecule has 1 aromatic rings. The van der Waals surface area contributed by atoms with Gasteiger partial charge in [0, 0.05) is 14.1 Å². The molecule has 0 fully saturated rings. The van der Waals surface area contributed by atoms with Crippen LogP contribution in [-0.4, -0.2) is 33.4 Å². The molecule has 0 atom stereocenters. The highest BCUT2D eigenvalue weighted by Gasteiger charge is 2.11. The van der Waals surface area contributed by atoms with Crippen LogP contribution in [0.4, 0.5) is 5.69 Å². The Balaban J connectivity index is 2.90. The van der Waals surface area contributed by atoms with Crippen molar-refractivity contribution in [3.8, 4) is 0 Å². The van der Waals surface area contributed by atoms with Gasteiger partial charge >= 0.3 is 0 Å². The largest absolute Gasteiger partial charge is 0.861 e. The van der Waals surface area contributed by atoms with Gasteiger partial charge in [-0.3, -0.25) is 5.01 Å². The molecule has 0 unspecified atom stereocenters. The fourth-order valence-electron chi connectivity index (χ4n) is 1.39. The molecule has 0 saturated carbocycles. The summed E-state index contributed by atoms with van der Waals surface area (Å²) in [6, 6.07) is 5.73. The highest BCUT2D eigenvalue weighted by atomic mass is 32.2. The van der Waals surface area contributed by atoms with Gasteiger partial charge in [-0.25, -0.2) is 0 Å². The standard InChI is InChI=1S/C13H20N4O3S/c1-4-5-6-13(18)15-21(19,20)12-9-7-11(8-10-12)14-16-17(2)3/h7-10H,4-6H2,1-3H3,(H,15,18)/p-1. The van der Waals surface area contributed by atoms with Crippen molar-refractivity contribution in [3.05, 3.63) is 24.3 Å². The average Bonchev–Trinajstić information content (AvgIpc) is 2.43. The van der Waals surface area contributed by atoms with Crippen LogP contribution in [0.2, 0.25) is 0 Å². The Labute approximate surface area is 125 Å². The van der Waals surface area contributed by atoms with Gasteiger partial charge in [-0.15, -0.1) is 5.11 Å². The maximum atomic E-state index is 11.9. The monoisotopic (exact) mass is 311 g/mol. The third-order valence-corrected chi connectivity index (χ3v) is 3.75. The van der Waals surface area contributed by atoms with Crippen molar-refractivity contribution < 1.29 is 13.5 Å². The lowest BCUT2D eigenvalue weighted by Crippen LogP contribution is -2.19. The van der Waals surface area contributed by atoms with Crippen LogP contribution in [0.3, 0.4) is 0 Å². The summed E-state index contributed by atoms with van der Waals surface area (Å²) in [5.74, 6) is -0.617. The Bertz CT molecular complexity index is 607. The topological polar surface area (TPSA) is 97.5 Å². The molecule has 0 aliphatic heterocycles. The summed E-state index contributed by atoms with van der Waals surface area (Å²) in [5.41, 5.74) is 0.514. The van der Waals surface area contributed by atoms with E-state index in [0.717, 1.165) is 6.42 Å². The fourth-order valence-corrected chi connectivity index (χ4v) is 2.33. The van der Waals surface area contributed by atoms with Crippen LogP contribution < -0.4 is 5.11 Å². The van der Waals surface area contributed by atoms with E-state index in [9.17, 15) is 13.5 Å². The number of benzene rings is 1. The predicted octanol–water partition coefficient (Wildman–Crippen LogP) is 1.88. The summed E-state index contributed by atoms with van der Waals surface area (Å²) < 4.78 is 27.2. The van der Waals surface area contributed by atoms with E-state index in [1.807, 2.05) is 6.92 Å². The highest BCUT2D eigenvalue weighted by Crippen LogP contribution is 2.18. The Morgan fingerprint density at radius 2 is 1.86 bits per heavy atom. The van der Waals surface area contributed by atoms with Crippen molar-refractivity contribution in [2.75, 3.05) is 14.1 Å². The highest BCUT2D eigenvalue weighted by molar-refractivity contribution is 7.90. The fraction of sp³-hybridized carbons (Fsp3) is 0.462. The molecular weight excluding hydrogens is 292 g/mol. The van der Waals surface area contributed by atoms with Gasteiger partial charge in [-0.1, -0.05) is 18.6 Å². The minimum Gasteiger partial charge on any atom is -0.861 e. The number of hydrogen-bond acceptors (Lipinski definition) is 5. The molecule has 0 N–H and O–H groups in total. The summed E-state index contributed by atoms with van der Waals surface area (Å²) in [7, 11) is -0.495. The van der Waals surface area contributed by atoms with Crippen molar-refractivity contribution in [1.29, 1.82) is 0 Å². The molecule has 0 aromatic heterocycles. The molecule has 1 rings (SSSR count). The van der Waals surface area contributed by atoms with Crippen molar-refractivity contribution >= 4 is 21.6 Å². The molecule has 8 heteroatoms. The summed E-state index contributed by atoms with van der Waals surface area (Å²) >= 11 is 0. The lowest BCUT2D eigenvalue weighted by Gasteiger charge is -2.09. The van der Waals surface area contributed by atoms with Crippen LogP contribution in [0, 0.1) is 0 Å². The SMILES string of the molecule is CCCCC([O-])=NS(=O)(=O)c1ccc(N=NN(C)C)cc1. The second kappa shape index (κ2) is 7.72. The van der Waals surface area contributed by atoms with Gasteiger partial charge in [-0.05, 0) is 43.0 Å². The van der Waals surface area contributed by atoms with Gasteiger partial charge in [0.2, 0.25) is 0 Å². The second-order valence-electron chi connectivity index (χ2n) is 4.59. The number of hydrogen-bond donors (Lipinski definition) is 0. The molecule has 7 nitrogen and oxygen atoms in total. The molecule has 0 bridgehead atoms. The first-order valence-corrected chi connectivity index (χ1v) is 7.99. The average molecular weight is 311 g/mol. The van der Waals surface area contributed by atoms with Gasteiger partial charge in [0.1, 0.15) is 0 Å². The van der Waals surface area contributed by atoms with E-state index < -0.39 is 15.9 Å². The van der Waals surface area contributed by atoms with Gasteiger partial charge in [0.05, 0.1) is 10.6 Å². The minimum absolute atomic E-state index is 0.0313. The molecule has 116 valence electrons. The molecule has 1 aromatic carbocycles. The van der Waals surface area contributed by atoms with E-state index in [1.165, 1.54) is 29.3 Å². The van der Waals surface area contributed by atoms with Crippen molar-refractivity contribution in [1.82, 2.24) is 5.01 Å². The normalized spacial score (nSPS) is 12.8. The van der Waals surface area contributed by atoms with Crippen LogP contribution in [0.25, 0.3) is 0 Å². The number of rotatable bonds is 7. The molecule has 0 spiro atoms. The Kier molecular flexibility index (Phi) is 6.29. The Hall–Kier alpha value is -1.96. The van der Waals surface area contributed by atoms with Crippen LogP contribution in [-0.2, 0) is 10.0 Å². The molecule has 0 heterocycles. The third kappa shape index (κ3) is 5.90. The minimum atomic E-state index is -3.95. The van der Waals surface area contributed by atoms with Gasteiger partial charge in [-0.2, -0.15) is 12.8 Å². The summed E-state index contributed by atoms with van der Waals surface area (Å²) in [6.07, 6.45) is 1.58. The molecular formula is C13H19N4O3S-. The zero-order valence-electron chi connectivity index (χ0n) is 12.4. The molecule has 0 saturated heterocycles. The first-order chi connectivity index (χ1) is 9.85. The molecule has 21 heavy (non-hydrogen) atoms. The molecule has 0 radical (unpaired) electrons. The lowest BCUT2D eigenvalue weighted by molar-refractivity contribution is -0.218. The van der Waals surface area contributed by atoms with E-state index in [1.54, 1.807) is 14.1 Å². The number of unbranched alkanes of at least 4 members (excludes halogenated alkanes) is 1. The van der Waals surface area contributed by atoms with Crippen molar-refractivity contribution in [2.45, 2.75) is 31.1 Å². The summed E-state index contributed by atoms with van der Waals surface area (Å²) in [4.78, 5) is -0.0313. The van der Waals surface area contributed by atoms with E-state index in [0.29, 0.717) is 12.1 Å². The van der Waals surface area contributed by atoms with E-state index in [-0.39, 0.29) is 11.3 Å². The Morgan fingerprint density at radius 1 is 1.24 bits per heavy atom. The summed E-state index contributed by atoms with van der Waals surface area (Å²) in [5, 5.41) is 20.7. The van der Waals surface area contributed by atoms with Crippen molar-refractivity contribution in [2.24, 2.45) is 14.7 Å². The zero-order valence-corrected chi connectivity index (χ0v) is 13.2. The van der Waals surface area contributed by atoms with Crippen LogP contribution >= 0.6 is 0 Å². The second-order valence-corrected chi connectivity index (χ2v) is 6.20. The van der Waals surface area contributed by atoms with Crippen molar-refractivity contribution in [3.63, 3.8) is 0 Å². The van der Waals surface area contributed by atoms with E-state index in [2.05, 4.69) is 14.7 Å². The number of sulfonamides is 1. The molecule has 0 aliphatic carbocycles. The maximum absolute atomic E-state index is 11.9. The lowest BCUT2D eigenvalue weighted by atomic mass is 10.2.